The third-order valence-electron chi connectivity index (χ3n) is 2.74. The zero-order chi connectivity index (χ0) is 15.5. The maximum atomic E-state index is 13.4. The van der Waals surface area contributed by atoms with Gasteiger partial charge in [-0.1, -0.05) is 0 Å². The van der Waals surface area contributed by atoms with E-state index < -0.39 is 21.7 Å². The molecule has 0 saturated carbocycles. The number of halogens is 2. The Morgan fingerprint density at radius 1 is 1.19 bits per heavy atom. The van der Waals surface area contributed by atoms with Gasteiger partial charge in [-0.15, -0.1) is 11.3 Å². The number of benzene rings is 1. The first kappa shape index (κ1) is 16.0. The molecule has 1 heterocycles. The maximum Gasteiger partial charge on any atom is 0.250 e. The van der Waals surface area contributed by atoms with Crippen LogP contribution in [0.15, 0.2) is 33.9 Å². The summed E-state index contributed by atoms with van der Waals surface area (Å²) in [7, 11) is -1.97. The monoisotopic (exact) mass is 332 g/mol. The fourth-order valence-electron chi connectivity index (χ4n) is 1.71. The van der Waals surface area contributed by atoms with Gasteiger partial charge in [-0.2, -0.15) is 0 Å². The number of hydrogen-bond donors (Lipinski definition) is 2. The van der Waals surface area contributed by atoms with Gasteiger partial charge in [0.1, 0.15) is 15.8 Å². The molecule has 0 amide bonds. The fraction of sp³-hybridized carbons (Fsp3) is 0.231. The Morgan fingerprint density at radius 2 is 1.95 bits per heavy atom. The van der Waals surface area contributed by atoms with E-state index in [1.165, 1.54) is 0 Å². The molecule has 0 saturated heterocycles. The van der Waals surface area contributed by atoms with Gasteiger partial charge in [0.2, 0.25) is 10.0 Å². The van der Waals surface area contributed by atoms with Crippen molar-refractivity contribution in [2.24, 2.45) is 0 Å². The largest absolute Gasteiger partial charge is 0.316 e. The van der Waals surface area contributed by atoms with Crippen molar-refractivity contribution in [2.75, 3.05) is 7.05 Å². The molecule has 2 aromatic rings. The Labute approximate surface area is 125 Å². The Balaban J connectivity index is 2.11. The van der Waals surface area contributed by atoms with Gasteiger partial charge in [0.25, 0.3) is 0 Å². The summed E-state index contributed by atoms with van der Waals surface area (Å²) >= 11 is 1.08. The van der Waals surface area contributed by atoms with Crippen molar-refractivity contribution >= 4 is 21.4 Å². The first-order chi connectivity index (χ1) is 9.92. The van der Waals surface area contributed by atoms with Crippen molar-refractivity contribution in [1.29, 1.82) is 0 Å². The van der Waals surface area contributed by atoms with E-state index in [1.807, 2.05) is 0 Å². The molecule has 0 bridgehead atoms. The normalized spacial score (nSPS) is 11.8. The molecule has 4 nitrogen and oxygen atoms in total. The highest BCUT2D eigenvalue weighted by Crippen LogP contribution is 2.20. The van der Waals surface area contributed by atoms with Crippen LogP contribution in [0.4, 0.5) is 8.78 Å². The van der Waals surface area contributed by atoms with E-state index in [1.54, 1.807) is 18.5 Å². The summed E-state index contributed by atoms with van der Waals surface area (Å²) in [6.45, 7) is 0.260. The second kappa shape index (κ2) is 6.61. The van der Waals surface area contributed by atoms with E-state index >= 15 is 0 Å². The molecular formula is C13H14F2N2O2S2. The fourth-order valence-corrected chi connectivity index (χ4v) is 3.97. The standard InChI is InChI=1S/C13H14F2N2O2S2/c1-16-6-9-4-13(20-8-9)21(18,19)17-7-10-5-11(14)2-3-12(10)15/h2-5,8,16-17H,6-7H2,1H3. The zero-order valence-electron chi connectivity index (χ0n) is 11.2. The van der Waals surface area contributed by atoms with Crippen LogP contribution in [-0.2, 0) is 23.1 Å². The highest BCUT2D eigenvalue weighted by molar-refractivity contribution is 7.91. The highest BCUT2D eigenvalue weighted by atomic mass is 32.2. The number of sulfonamides is 1. The van der Waals surface area contributed by atoms with Crippen molar-refractivity contribution in [3.05, 3.63) is 52.4 Å². The predicted octanol–water partition coefficient (Wildman–Crippen LogP) is 2.22. The molecule has 2 N–H and O–H groups in total. The number of hydrogen-bond acceptors (Lipinski definition) is 4. The second-order valence-electron chi connectivity index (χ2n) is 4.36. The molecule has 0 atom stereocenters. The number of nitrogens with one attached hydrogen (secondary N) is 2. The molecule has 114 valence electrons. The summed E-state index contributed by atoms with van der Waals surface area (Å²) in [4.78, 5) is 0. The lowest BCUT2D eigenvalue weighted by molar-refractivity contribution is 0.568. The van der Waals surface area contributed by atoms with Crippen LogP contribution >= 0.6 is 11.3 Å². The average molecular weight is 332 g/mol. The summed E-state index contributed by atoms with van der Waals surface area (Å²) in [5.74, 6) is -1.26. The molecule has 1 aromatic carbocycles. The predicted molar refractivity (Wildman–Crippen MR) is 77.5 cm³/mol. The minimum absolute atomic E-state index is 0.0365. The van der Waals surface area contributed by atoms with Gasteiger partial charge in [-0.05, 0) is 42.3 Å². The third kappa shape index (κ3) is 4.07. The molecule has 0 unspecified atom stereocenters. The topological polar surface area (TPSA) is 58.2 Å². The van der Waals surface area contributed by atoms with E-state index in [-0.39, 0.29) is 16.3 Å². The highest BCUT2D eigenvalue weighted by Gasteiger charge is 2.17. The number of rotatable bonds is 6. The van der Waals surface area contributed by atoms with Gasteiger partial charge < -0.3 is 5.32 Å². The summed E-state index contributed by atoms with van der Waals surface area (Å²) in [6.07, 6.45) is 0. The van der Waals surface area contributed by atoms with Gasteiger partial charge in [-0.3, -0.25) is 0 Å². The van der Waals surface area contributed by atoms with Crippen LogP contribution in [0.25, 0.3) is 0 Å². The van der Waals surface area contributed by atoms with Crippen LogP contribution in [0.1, 0.15) is 11.1 Å². The van der Waals surface area contributed by atoms with Gasteiger partial charge in [-0.25, -0.2) is 21.9 Å². The van der Waals surface area contributed by atoms with Crippen LogP contribution in [0, 0.1) is 11.6 Å². The SMILES string of the molecule is CNCc1csc(S(=O)(=O)NCc2cc(F)ccc2F)c1. The van der Waals surface area contributed by atoms with Crippen LogP contribution < -0.4 is 10.0 Å². The van der Waals surface area contributed by atoms with Crippen LogP contribution in [0.2, 0.25) is 0 Å². The van der Waals surface area contributed by atoms with Gasteiger partial charge in [0, 0.05) is 18.7 Å². The quantitative estimate of drug-likeness (QED) is 0.853. The summed E-state index contributed by atoms with van der Waals surface area (Å²) < 4.78 is 53.1. The number of thiophene rings is 1. The second-order valence-corrected chi connectivity index (χ2v) is 7.27. The Bertz CT molecular complexity index is 730. The van der Waals surface area contributed by atoms with Gasteiger partial charge in [0.15, 0.2) is 0 Å². The molecule has 0 aliphatic carbocycles. The molecule has 8 heteroatoms. The minimum atomic E-state index is -3.73. The first-order valence-corrected chi connectivity index (χ1v) is 8.44. The smallest absolute Gasteiger partial charge is 0.250 e. The molecule has 21 heavy (non-hydrogen) atoms. The van der Waals surface area contributed by atoms with E-state index in [0.717, 1.165) is 35.1 Å². The first-order valence-electron chi connectivity index (χ1n) is 6.08. The van der Waals surface area contributed by atoms with E-state index in [9.17, 15) is 17.2 Å². The Kier molecular flexibility index (Phi) is 5.04. The maximum absolute atomic E-state index is 13.4. The van der Waals surface area contributed by atoms with Crippen molar-refractivity contribution < 1.29 is 17.2 Å². The Morgan fingerprint density at radius 3 is 2.67 bits per heavy atom. The Hall–Kier alpha value is -1.35. The summed E-state index contributed by atoms with van der Waals surface area (Å²) in [6, 6.07) is 4.47. The van der Waals surface area contributed by atoms with Crippen molar-refractivity contribution in [2.45, 2.75) is 17.3 Å². The lowest BCUT2D eigenvalue weighted by Crippen LogP contribution is -2.23. The molecule has 0 aliphatic heterocycles. The summed E-state index contributed by atoms with van der Waals surface area (Å²) in [5, 5.41) is 4.65. The molecule has 1 aromatic heterocycles. The average Bonchev–Trinajstić information content (AvgIpc) is 2.90. The molecule has 0 aliphatic rings. The lowest BCUT2D eigenvalue weighted by Gasteiger charge is -2.06. The summed E-state index contributed by atoms with van der Waals surface area (Å²) in [5.41, 5.74) is 0.811. The van der Waals surface area contributed by atoms with Crippen molar-refractivity contribution in [3.8, 4) is 0 Å². The van der Waals surface area contributed by atoms with Crippen LogP contribution in [0.3, 0.4) is 0 Å². The minimum Gasteiger partial charge on any atom is -0.316 e. The van der Waals surface area contributed by atoms with Gasteiger partial charge >= 0.3 is 0 Å². The van der Waals surface area contributed by atoms with Crippen molar-refractivity contribution in [1.82, 2.24) is 10.0 Å². The van der Waals surface area contributed by atoms with E-state index in [4.69, 9.17) is 0 Å². The molecule has 0 spiro atoms. The van der Waals surface area contributed by atoms with Crippen molar-refractivity contribution in [3.63, 3.8) is 0 Å². The molecule has 0 fully saturated rings. The molecule has 2 rings (SSSR count). The molecule has 0 radical (unpaired) electrons. The van der Waals surface area contributed by atoms with E-state index in [2.05, 4.69) is 10.0 Å². The van der Waals surface area contributed by atoms with Crippen LogP contribution in [-0.4, -0.2) is 15.5 Å². The van der Waals surface area contributed by atoms with Crippen LogP contribution in [0.5, 0.6) is 0 Å². The van der Waals surface area contributed by atoms with E-state index in [0.29, 0.717) is 6.54 Å². The lowest BCUT2D eigenvalue weighted by atomic mass is 10.2. The third-order valence-corrected chi connectivity index (χ3v) is 5.63. The molecular weight excluding hydrogens is 318 g/mol. The zero-order valence-corrected chi connectivity index (χ0v) is 12.8. The van der Waals surface area contributed by atoms with Gasteiger partial charge in [0.05, 0.1) is 0 Å².